The molecule has 142 valence electrons. The Kier molecular flexibility index (Phi) is 4.80. The van der Waals surface area contributed by atoms with Gasteiger partial charge in [-0.15, -0.1) is 0 Å². The molecule has 2 aromatic carbocycles. The summed E-state index contributed by atoms with van der Waals surface area (Å²) in [6, 6.07) is 15.2. The van der Waals surface area contributed by atoms with E-state index in [2.05, 4.69) is 10.6 Å². The number of hydrogen-bond acceptors (Lipinski definition) is 4. The molecule has 0 unspecified atom stereocenters. The molecule has 2 N–H and O–H groups in total. The van der Waals surface area contributed by atoms with E-state index in [4.69, 9.17) is 4.42 Å². The second kappa shape index (κ2) is 7.56. The first-order valence-electron chi connectivity index (χ1n) is 9.05. The SMILES string of the molecule is O=C(C[C@@H]1NC(=O)N(c2cccc3ccccc23)C1=O)NCCc1ccco1. The van der Waals surface area contributed by atoms with Crippen LogP contribution in [-0.2, 0) is 16.0 Å². The van der Waals surface area contributed by atoms with E-state index in [-0.39, 0.29) is 12.3 Å². The van der Waals surface area contributed by atoms with Crippen molar-refractivity contribution in [1.82, 2.24) is 10.6 Å². The minimum Gasteiger partial charge on any atom is -0.469 e. The highest BCUT2D eigenvalue weighted by Crippen LogP contribution is 2.29. The van der Waals surface area contributed by atoms with Gasteiger partial charge in [-0.05, 0) is 23.6 Å². The van der Waals surface area contributed by atoms with E-state index >= 15 is 0 Å². The van der Waals surface area contributed by atoms with Crippen LogP contribution >= 0.6 is 0 Å². The monoisotopic (exact) mass is 377 g/mol. The molecule has 0 spiro atoms. The van der Waals surface area contributed by atoms with E-state index in [0.29, 0.717) is 18.7 Å². The van der Waals surface area contributed by atoms with Crippen LogP contribution in [0, 0.1) is 0 Å². The summed E-state index contributed by atoms with van der Waals surface area (Å²) in [6.45, 7) is 0.397. The minimum absolute atomic E-state index is 0.107. The van der Waals surface area contributed by atoms with Gasteiger partial charge in [-0.25, -0.2) is 9.69 Å². The highest BCUT2D eigenvalue weighted by atomic mass is 16.3. The summed E-state index contributed by atoms with van der Waals surface area (Å²) >= 11 is 0. The maximum absolute atomic E-state index is 12.8. The fourth-order valence-corrected chi connectivity index (χ4v) is 3.34. The Bertz CT molecular complexity index is 1020. The number of imide groups is 1. The normalized spacial score (nSPS) is 16.4. The van der Waals surface area contributed by atoms with Crippen molar-refractivity contribution >= 4 is 34.3 Å². The third kappa shape index (κ3) is 3.46. The summed E-state index contributed by atoms with van der Waals surface area (Å²) in [7, 11) is 0. The Balaban J connectivity index is 1.43. The van der Waals surface area contributed by atoms with Gasteiger partial charge in [-0.2, -0.15) is 0 Å². The van der Waals surface area contributed by atoms with Gasteiger partial charge >= 0.3 is 6.03 Å². The summed E-state index contributed by atoms with van der Waals surface area (Å²) in [6.07, 6.45) is 2.03. The molecule has 7 heteroatoms. The number of hydrogen-bond donors (Lipinski definition) is 2. The number of amides is 4. The van der Waals surface area contributed by atoms with E-state index in [1.807, 2.05) is 36.4 Å². The molecular formula is C21H19N3O4. The lowest BCUT2D eigenvalue weighted by Crippen LogP contribution is -2.37. The van der Waals surface area contributed by atoms with Crippen molar-refractivity contribution < 1.29 is 18.8 Å². The molecule has 1 aromatic heterocycles. The third-order valence-electron chi connectivity index (χ3n) is 4.69. The highest BCUT2D eigenvalue weighted by molar-refractivity contribution is 6.24. The third-order valence-corrected chi connectivity index (χ3v) is 4.69. The van der Waals surface area contributed by atoms with E-state index in [1.165, 1.54) is 0 Å². The van der Waals surface area contributed by atoms with E-state index in [9.17, 15) is 14.4 Å². The van der Waals surface area contributed by atoms with Crippen LogP contribution in [0.1, 0.15) is 12.2 Å². The lowest BCUT2D eigenvalue weighted by Gasteiger charge is -2.15. The first-order chi connectivity index (χ1) is 13.6. The molecule has 4 amide bonds. The molecule has 7 nitrogen and oxygen atoms in total. The van der Waals surface area contributed by atoms with Crippen LogP contribution in [-0.4, -0.2) is 30.4 Å². The number of carbonyl (C=O) groups excluding carboxylic acids is 3. The van der Waals surface area contributed by atoms with Crippen molar-refractivity contribution in [1.29, 1.82) is 0 Å². The number of anilines is 1. The topological polar surface area (TPSA) is 91.7 Å². The van der Waals surface area contributed by atoms with Gasteiger partial charge in [0.15, 0.2) is 0 Å². The van der Waals surface area contributed by atoms with Crippen LogP contribution in [0.4, 0.5) is 10.5 Å². The second-order valence-corrected chi connectivity index (χ2v) is 6.56. The van der Waals surface area contributed by atoms with Crippen LogP contribution in [0.5, 0.6) is 0 Å². The van der Waals surface area contributed by atoms with Gasteiger partial charge in [-0.3, -0.25) is 9.59 Å². The Morgan fingerprint density at radius 1 is 1.07 bits per heavy atom. The summed E-state index contributed by atoms with van der Waals surface area (Å²) in [5.41, 5.74) is 0.515. The average Bonchev–Trinajstić information content (AvgIpc) is 3.30. The zero-order valence-electron chi connectivity index (χ0n) is 15.1. The zero-order chi connectivity index (χ0) is 19.5. The maximum atomic E-state index is 12.8. The molecule has 3 aromatic rings. The molecule has 4 rings (SSSR count). The Morgan fingerprint density at radius 2 is 1.89 bits per heavy atom. The predicted octanol–water partition coefficient (Wildman–Crippen LogP) is 2.61. The predicted molar refractivity (Wildman–Crippen MR) is 104 cm³/mol. The van der Waals surface area contributed by atoms with Crippen LogP contribution < -0.4 is 15.5 Å². The Labute approximate surface area is 161 Å². The smallest absolute Gasteiger partial charge is 0.329 e. The molecular weight excluding hydrogens is 358 g/mol. The molecule has 0 aliphatic carbocycles. The summed E-state index contributed by atoms with van der Waals surface area (Å²) < 4.78 is 5.21. The number of rotatable bonds is 6. The standard InChI is InChI=1S/C21H19N3O4/c25-19(22-11-10-15-7-4-12-28-15)13-17-20(26)24(21(27)23-17)18-9-3-6-14-5-1-2-8-16(14)18/h1-9,12,17H,10-11,13H2,(H,22,25)(H,23,27)/t17-/m0/s1. The number of nitrogens with one attached hydrogen (secondary N) is 2. The highest BCUT2D eigenvalue weighted by Gasteiger charge is 2.40. The lowest BCUT2D eigenvalue weighted by molar-refractivity contribution is -0.125. The van der Waals surface area contributed by atoms with Crippen molar-refractivity contribution in [2.75, 3.05) is 11.4 Å². The van der Waals surface area contributed by atoms with Crippen LogP contribution in [0.2, 0.25) is 0 Å². The number of carbonyl (C=O) groups is 3. The number of furan rings is 1. The van der Waals surface area contributed by atoms with Gasteiger partial charge in [0.1, 0.15) is 11.8 Å². The Morgan fingerprint density at radius 3 is 2.71 bits per heavy atom. The molecule has 1 aliphatic heterocycles. The molecule has 1 atom stereocenters. The van der Waals surface area contributed by atoms with Gasteiger partial charge in [0, 0.05) is 18.4 Å². The van der Waals surface area contributed by atoms with Gasteiger partial charge in [-0.1, -0.05) is 36.4 Å². The van der Waals surface area contributed by atoms with Crippen molar-refractivity contribution in [2.24, 2.45) is 0 Å². The lowest BCUT2D eigenvalue weighted by atomic mass is 10.1. The van der Waals surface area contributed by atoms with Crippen LogP contribution in [0.25, 0.3) is 10.8 Å². The minimum atomic E-state index is -0.880. The molecule has 0 saturated carbocycles. The molecule has 1 saturated heterocycles. The van der Waals surface area contributed by atoms with Crippen LogP contribution in [0.3, 0.4) is 0 Å². The number of benzene rings is 2. The van der Waals surface area contributed by atoms with Gasteiger partial charge in [0.05, 0.1) is 18.4 Å². The van der Waals surface area contributed by atoms with E-state index in [0.717, 1.165) is 21.4 Å². The molecule has 2 heterocycles. The largest absolute Gasteiger partial charge is 0.469 e. The molecule has 0 bridgehead atoms. The average molecular weight is 377 g/mol. The second-order valence-electron chi connectivity index (χ2n) is 6.56. The molecule has 1 fully saturated rings. The number of nitrogens with zero attached hydrogens (tertiary/aromatic N) is 1. The van der Waals surface area contributed by atoms with Crippen molar-refractivity contribution in [2.45, 2.75) is 18.9 Å². The van der Waals surface area contributed by atoms with Crippen LogP contribution in [0.15, 0.2) is 65.3 Å². The fraction of sp³-hybridized carbons (Fsp3) is 0.190. The summed E-state index contributed by atoms with van der Waals surface area (Å²) in [4.78, 5) is 38.5. The first-order valence-corrected chi connectivity index (χ1v) is 9.05. The Hall–Kier alpha value is -3.61. The van der Waals surface area contributed by atoms with E-state index in [1.54, 1.807) is 24.5 Å². The van der Waals surface area contributed by atoms with Gasteiger partial charge < -0.3 is 15.1 Å². The van der Waals surface area contributed by atoms with Crippen molar-refractivity contribution in [3.63, 3.8) is 0 Å². The molecule has 0 radical (unpaired) electrons. The molecule has 28 heavy (non-hydrogen) atoms. The van der Waals surface area contributed by atoms with Crippen molar-refractivity contribution in [3.8, 4) is 0 Å². The summed E-state index contributed by atoms with van der Waals surface area (Å²) in [5, 5.41) is 7.09. The first kappa shape index (κ1) is 17.8. The molecule has 1 aliphatic rings. The van der Waals surface area contributed by atoms with E-state index < -0.39 is 18.0 Å². The quantitative estimate of drug-likeness (QED) is 0.646. The van der Waals surface area contributed by atoms with Crippen molar-refractivity contribution in [3.05, 3.63) is 66.6 Å². The zero-order valence-corrected chi connectivity index (χ0v) is 15.1. The van der Waals surface area contributed by atoms with Gasteiger partial charge in [0.2, 0.25) is 5.91 Å². The fourth-order valence-electron chi connectivity index (χ4n) is 3.34. The summed E-state index contributed by atoms with van der Waals surface area (Å²) in [5.74, 6) is 0.0418. The number of fused-ring (bicyclic) bond motifs is 1. The van der Waals surface area contributed by atoms with Gasteiger partial charge in [0.25, 0.3) is 5.91 Å². The number of urea groups is 1. The maximum Gasteiger partial charge on any atom is 0.329 e.